The second kappa shape index (κ2) is 7.96. The summed E-state index contributed by atoms with van der Waals surface area (Å²) in [6.45, 7) is 0. The first-order chi connectivity index (χ1) is 14.4. The molecule has 1 aromatic heterocycles. The topological polar surface area (TPSA) is 92.4 Å². The lowest BCUT2D eigenvalue weighted by Crippen LogP contribution is -2.22. The number of benzene rings is 3. The van der Waals surface area contributed by atoms with Gasteiger partial charge in [0.2, 0.25) is 0 Å². The number of hydrogen-bond donors (Lipinski definition) is 2. The van der Waals surface area contributed by atoms with Crippen molar-refractivity contribution in [2.24, 2.45) is 0 Å². The van der Waals surface area contributed by atoms with Crippen LogP contribution in [0.1, 0.15) is 21.7 Å². The number of aromatic hydroxyl groups is 1. The van der Waals surface area contributed by atoms with Crippen LogP contribution in [0.25, 0.3) is 28.7 Å². The van der Waals surface area contributed by atoms with Crippen LogP contribution in [0.5, 0.6) is 5.75 Å². The number of para-hydroxylation sites is 1. The molecule has 0 amide bonds. The highest BCUT2D eigenvalue weighted by atomic mass is 79.9. The molecule has 3 aromatic carbocycles. The van der Waals surface area contributed by atoms with Gasteiger partial charge in [-0.2, -0.15) is 0 Å². The summed E-state index contributed by atoms with van der Waals surface area (Å²) in [5.74, 6) is -0.605. The number of carboxylic acids is 1. The molecule has 0 saturated heterocycles. The van der Waals surface area contributed by atoms with Gasteiger partial charge in [-0.1, -0.05) is 28.1 Å². The highest BCUT2D eigenvalue weighted by Gasteiger charge is 2.12. The van der Waals surface area contributed by atoms with Crippen molar-refractivity contribution in [1.82, 2.24) is 9.55 Å². The molecule has 0 aliphatic carbocycles. The maximum Gasteiger partial charge on any atom is 0.335 e. The molecule has 0 unspecified atom stereocenters. The van der Waals surface area contributed by atoms with Crippen LogP contribution >= 0.6 is 15.9 Å². The molecule has 0 atom stereocenters. The van der Waals surface area contributed by atoms with Gasteiger partial charge >= 0.3 is 5.97 Å². The molecule has 0 radical (unpaired) electrons. The van der Waals surface area contributed by atoms with Crippen molar-refractivity contribution in [2.45, 2.75) is 0 Å². The van der Waals surface area contributed by atoms with Crippen LogP contribution in [0.3, 0.4) is 0 Å². The molecule has 4 aromatic rings. The first-order valence-electron chi connectivity index (χ1n) is 8.96. The highest BCUT2D eigenvalue weighted by Crippen LogP contribution is 2.24. The average molecular weight is 463 g/mol. The number of aromatic nitrogens is 2. The summed E-state index contributed by atoms with van der Waals surface area (Å²) < 4.78 is 2.22. The zero-order valence-electron chi connectivity index (χ0n) is 15.5. The van der Waals surface area contributed by atoms with Gasteiger partial charge in [0.25, 0.3) is 5.56 Å². The Morgan fingerprint density at radius 3 is 2.47 bits per heavy atom. The predicted octanol–water partition coefficient (Wildman–Crippen LogP) is 4.72. The van der Waals surface area contributed by atoms with Crippen molar-refractivity contribution in [3.63, 3.8) is 0 Å². The molecular formula is C23H15BrN2O4. The third-order valence-electron chi connectivity index (χ3n) is 4.58. The Labute approximate surface area is 179 Å². The van der Waals surface area contributed by atoms with Crippen molar-refractivity contribution in [3.8, 4) is 11.4 Å². The summed E-state index contributed by atoms with van der Waals surface area (Å²) in [6.07, 6.45) is 3.30. The van der Waals surface area contributed by atoms with Crippen LogP contribution in [-0.4, -0.2) is 25.7 Å². The fraction of sp³-hybridized carbons (Fsp3) is 0. The van der Waals surface area contributed by atoms with Crippen LogP contribution in [0.2, 0.25) is 0 Å². The summed E-state index contributed by atoms with van der Waals surface area (Å²) in [4.78, 5) is 29.0. The van der Waals surface area contributed by atoms with E-state index in [2.05, 4.69) is 20.9 Å². The van der Waals surface area contributed by atoms with Crippen molar-refractivity contribution < 1.29 is 15.0 Å². The second-order valence-corrected chi connectivity index (χ2v) is 7.43. The highest BCUT2D eigenvalue weighted by molar-refractivity contribution is 9.10. The van der Waals surface area contributed by atoms with Crippen LogP contribution in [-0.2, 0) is 0 Å². The third kappa shape index (κ3) is 3.75. The van der Waals surface area contributed by atoms with Gasteiger partial charge in [-0.25, -0.2) is 9.78 Å². The molecule has 0 aliphatic rings. The van der Waals surface area contributed by atoms with Crippen LogP contribution in [0, 0.1) is 0 Å². The largest absolute Gasteiger partial charge is 0.507 e. The minimum atomic E-state index is -1.05. The van der Waals surface area contributed by atoms with Gasteiger partial charge in [-0.15, -0.1) is 0 Å². The summed E-state index contributed by atoms with van der Waals surface area (Å²) in [5.41, 5.74) is 1.43. The molecular weight excluding hydrogens is 448 g/mol. The second-order valence-electron chi connectivity index (χ2n) is 6.52. The Balaban J connectivity index is 1.92. The molecule has 0 aliphatic heterocycles. The number of halogens is 1. The maximum absolute atomic E-state index is 13.2. The Kier molecular flexibility index (Phi) is 5.20. The number of carboxylic acid groups (broad SMARTS) is 1. The first kappa shape index (κ1) is 19.6. The zero-order chi connectivity index (χ0) is 21.3. The number of aromatic carboxylic acids is 1. The monoisotopic (exact) mass is 462 g/mol. The molecule has 30 heavy (non-hydrogen) atoms. The number of phenols is 1. The minimum absolute atomic E-state index is 0.0925. The molecule has 148 valence electrons. The minimum Gasteiger partial charge on any atom is -0.507 e. The fourth-order valence-corrected chi connectivity index (χ4v) is 3.47. The number of phenolic OH excluding ortho intramolecular Hbond substituents is 1. The molecule has 6 nitrogen and oxygen atoms in total. The summed E-state index contributed by atoms with van der Waals surface area (Å²) in [5, 5.41) is 19.7. The molecule has 2 N–H and O–H groups in total. The van der Waals surface area contributed by atoms with E-state index in [1.807, 2.05) is 0 Å². The summed E-state index contributed by atoms with van der Waals surface area (Å²) in [6, 6.07) is 18.0. The van der Waals surface area contributed by atoms with E-state index in [9.17, 15) is 14.7 Å². The van der Waals surface area contributed by atoms with Gasteiger partial charge in [-0.3, -0.25) is 9.36 Å². The van der Waals surface area contributed by atoms with E-state index in [1.165, 1.54) is 16.7 Å². The molecule has 0 fully saturated rings. The van der Waals surface area contributed by atoms with Crippen molar-refractivity contribution in [3.05, 3.63) is 98.5 Å². The molecule has 0 bridgehead atoms. The number of nitrogens with zero attached hydrogens (tertiary/aromatic N) is 2. The van der Waals surface area contributed by atoms with E-state index in [-0.39, 0.29) is 16.9 Å². The lowest BCUT2D eigenvalue weighted by atomic mass is 10.1. The number of hydrogen-bond acceptors (Lipinski definition) is 4. The average Bonchev–Trinajstić information content (AvgIpc) is 2.74. The Hall–Kier alpha value is -3.71. The summed E-state index contributed by atoms with van der Waals surface area (Å²) >= 11 is 3.37. The Bertz CT molecular complexity index is 1360. The van der Waals surface area contributed by atoms with Gasteiger partial charge in [0.15, 0.2) is 0 Å². The molecule has 7 heteroatoms. The number of fused-ring (bicyclic) bond motifs is 1. The Morgan fingerprint density at radius 1 is 1.00 bits per heavy atom. The maximum atomic E-state index is 13.2. The standard InChI is InChI=1S/C23H15BrN2O4/c24-16-8-11-20(27)15(13-16)7-12-21-25-19-4-2-1-3-18(19)22(28)26(21)17-9-5-14(6-10-17)23(29)30/h1-13,27H,(H,29,30)/b12-7-. The zero-order valence-corrected chi connectivity index (χ0v) is 17.1. The lowest BCUT2D eigenvalue weighted by Gasteiger charge is -2.12. The molecule has 1 heterocycles. The van der Waals surface area contributed by atoms with Gasteiger partial charge in [0, 0.05) is 10.0 Å². The van der Waals surface area contributed by atoms with Crippen LogP contribution < -0.4 is 5.56 Å². The van der Waals surface area contributed by atoms with E-state index in [1.54, 1.807) is 66.7 Å². The molecule has 4 rings (SSSR count). The van der Waals surface area contributed by atoms with Gasteiger partial charge < -0.3 is 10.2 Å². The number of carbonyl (C=O) groups is 1. The fourth-order valence-electron chi connectivity index (χ4n) is 3.09. The SMILES string of the molecule is O=C(O)c1ccc(-n2c(/C=C\c3cc(Br)ccc3O)nc3ccccc3c2=O)cc1. The normalized spacial score (nSPS) is 11.2. The number of rotatable bonds is 4. The van der Waals surface area contributed by atoms with Gasteiger partial charge in [0.1, 0.15) is 11.6 Å². The molecule has 0 saturated carbocycles. The first-order valence-corrected chi connectivity index (χ1v) is 9.75. The smallest absolute Gasteiger partial charge is 0.335 e. The van der Waals surface area contributed by atoms with E-state index >= 15 is 0 Å². The lowest BCUT2D eigenvalue weighted by molar-refractivity contribution is 0.0697. The Morgan fingerprint density at radius 2 is 1.73 bits per heavy atom. The third-order valence-corrected chi connectivity index (χ3v) is 5.07. The van der Waals surface area contributed by atoms with Gasteiger partial charge in [-0.05, 0) is 66.7 Å². The van der Waals surface area contributed by atoms with Crippen LogP contribution in [0.15, 0.2) is 76.0 Å². The van der Waals surface area contributed by atoms with Crippen molar-refractivity contribution >= 4 is 45.0 Å². The van der Waals surface area contributed by atoms with Crippen molar-refractivity contribution in [1.29, 1.82) is 0 Å². The quantitative estimate of drug-likeness (QED) is 0.457. The van der Waals surface area contributed by atoms with Crippen molar-refractivity contribution in [2.75, 3.05) is 0 Å². The van der Waals surface area contributed by atoms with E-state index in [4.69, 9.17) is 5.11 Å². The van der Waals surface area contributed by atoms with Crippen LogP contribution in [0.4, 0.5) is 0 Å². The van der Waals surface area contributed by atoms with E-state index < -0.39 is 5.97 Å². The molecule has 0 spiro atoms. The van der Waals surface area contributed by atoms with E-state index in [0.29, 0.717) is 28.0 Å². The predicted molar refractivity (Wildman–Crippen MR) is 119 cm³/mol. The van der Waals surface area contributed by atoms with Gasteiger partial charge in [0.05, 0.1) is 22.2 Å². The van der Waals surface area contributed by atoms with E-state index in [0.717, 1.165) is 4.47 Å². The summed E-state index contributed by atoms with van der Waals surface area (Å²) in [7, 11) is 0.